The fourth-order valence-corrected chi connectivity index (χ4v) is 4.57. The molecule has 2 aromatic rings. The Labute approximate surface area is 162 Å². The second kappa shape index (κ2) is 8.75. The van der Waals surface area contributed by atoms with E-state index in [1.807, 2.05) is 0 Å². The third-order valence-corrected chi connectivity index (χ3v) is 6.14. The molecular formula is C23H31N3O. The molecule has 1 heterocycles. The zero-order valence-corrected chi connectivity index (χ0v) is 16.1. The van der Waals surface area contributed by atoms with E-state index < -0.39 is 0 Å². The molecule has 0 atom stereocenters. The van der Waals surface area contributed by atoms with Crippen molar-refractivity contribution in [3.05, 3.63) is 48.0 Å². The SMILES string of the molecule is O=C(NC1CCCCC1)NC1CCN(Cc2cccc3ccccc23)CC1. The van der Waals surface area contributed by atoms with Gasteiger partial charge in [-0.2, -0.15) is 0 Å². The Morgan fingerprint density at radius 3 is 2.30 bits per heavy atom. The largest absolute Gasteiger partial charge is 0.335 e. The first-order chi connectivity index (χ1) is 13.3. The predicted molar refractivity (Wildman–Crippen MR) is 111 cm³/mol. The molecule has 2 amide bonds. The monoisotopic (exact) mass is 365 g/mol. The van der Waals surface area contributed by atoms with Gasteiger partial charge in [0.05, 0.1) is 0 Å². The van der Waals surface area contributed by atoms with Crippen molar-refractivity contribution in [2.75, 3.05) is 13.1 Å². The maximum Gasteiger partial charge on any atom is 0.315 e. The number of nitrogens with one attached hydrogen (secondary N) is 2. The summed E-state index contributed by atoms with van der Waals surface area (Å²) >= 11 is 0. The van der Waals surface area contributed by atoms with E-state index in [0.29, 0.717) is 12.1 Å². The summed E-state index contributed by atoms with van der Waals surface area (Å²) in [7, 11) is 0. The minimum absolute atomic E-state index is 0.0365. The summed E-state index contributed by atoms with van der Waals surface area (Å²) in [6, 6.07) is 15.9. The number of piperidine rings is 1. The van der Waals surface area contributed by atoms with Gasteiger partial charge in [-0.05, 0) is 42.0 Å². The molecule has 0 bridgehead atoms. The standard InChI is InChI=1S/C23H31N3O/c27-23(24-20-10-2-1-3-11-20)25-21-13-15-26(16-14-21)17-19-9-6-8-18-7-4-5-12-22(18)19/h4-9,12,20-21H,1-3,10-11,13-17H2,(H2,24,25,27). The van der Waals surface area contributed by atoms with Crippen molar-refractivity contribution in [3.63, 3.8) is 0 Å². The van der Waals surface area contributed by atoms with Gasteiger partial charge in [-0.15, -0.1) is 0 Å². The van der Waals surface area contributed by atoms with Gasteiger partial charge in [0.25, 0.3) is 0 Å². The number of hydrogen-bond acceptors (Lipinski definition) is 2. The fraction of sp³-hybridized carbons (Fsp3) is 0.522. The number of benzene rings is 2. The van der Waals surface area contributed by atoms with Crippen molar-refractivity contribution in [1.82, 2.24) is 15.5 Å². The first-order valence-corrected chi connectivity index (χ1v) is 10.5. The minimum Gasteiger partial charge on any atom is -0.335 e. The van der Waals surface area contributed by atoms with Crippen molar-refractivity contribution in [2.24, 2.45) is 0 Å². The lowest BCUT2D eigenvalue weighted by Gasteiger charge is -2.33. The first kappa shape index (κ1) is 18.3. The number of likely N-dealkylation sites (tertiary alicyclic amines) is 1. The number of hydrogen-bond donors (Lipinski definition) is 2. The van der Waals surface area contributed by atoms with Crippen LogP contribution >= 0.6 is 0 Å². The van der Waals surface area contributed by atoms with Crippen LogP contribution in [0.1, 0.15) is 50.5 Å². The molecule has 2 aromatic carbocycles. The van der Waals surface area contributed by atoms with E-state index in [1.165, 1.54) is 35.6 Å². The van der Waals surface area contributed by atoms with Crippen LogP contribution in [0.2, 0.25) is 0 Å². The smallest absolute Gasteiger partial charge is 0.315 e. The molecule has 27 heavy (non-hydrogen) atoms. The van der Waals surface area contributed by atoms with E-state index in [4.69, 9.17) is 0 Å². The van der Waals surface area contributed by atoms with Gasteiger partial charge in [-0.3, -0.25) is 4.90 Å². The van der Waals surface area contributed by atoms with Crippen LogP contribution in [0.15, 0.2) is 42.5 Å². The summed E-state index contributed by atoms with van der Waals surface area (Å²) in [6.07, 6.45) is 8.14. The molecule has 1 saturated heterocycles. The molecule has 4 nitrogen and oxygen atoms in total. The molecule has 4 rings (SSSR count). The highest BCUT2D eigenvalue weighted by atomic mass is 16.2. The van der Waals surface area contributed by atoms with Gasteiger partial charge in [0.15, 0.2) is 0 Å². The number of carbonyl (C=O) groups is 1. The number of urea groups is 1. The summed E-state index contributed by atoms with van der Waals surface area (Å²) in [6.45, 7) is 3.07. The average Bonchev–Trinajstić information content (AvgIpc) is 2.70. The number of rotatable bonds is 4. The van der Waals surface area contributed by atoms with Gasteiger partial charge in [0.2, 0.25) is 0 Å². The summed E-state index contributed by atoms with van der Waals surface area (Å²) < 4.78 is 0. The lowest BCUT2D eigenvalue weighted by molar-refractivity contribution is 0.185. The second-order valence-electron chi connectivity index (χ2n) is 8.14. The van der Waals surface area contributed by atoms with E-state index in [2.05, 4.69) is 58.0 Å². The second-order valence-corrected chi connectivity index (χ2v) is 8.14. The summed E-state index contributed by atoms with van der Waals surface area (Å²) in [5.74, 6) is 0. The normalized spacial score (nSPS) is 19.9. The Kier molecular flexibility index (Phi) is 5.93. The molecule has 2 N–H and O–H groups in total. The Morgan fingerprint density at radius 1 is 0.852 bits per heavy atom. The van der Waals surface area contributed by atoms with Crippen molar-refractivity contribution in [1.29, 1.82) is 0 Å². The first-order valence-electron chi connectivity index (χ1n) is 10.5. The highest BCUT2D eigenvalue weighted by Crippen LogP contribution is 2.22. The van der Waals surface area contributed by atoms with Gasteiger partial charge in [-0.25, -0.2) is 4.79 Å². The van der Waals surface area contributed by atoms with Crippen molar-refractivity contribution < 1.29 is 4.79 Å². The maximum atomic E-state index is 12.3. The molecule has 1 saturated carbocycles. The lowest BCUT2D eigenvalue weighted by atomic mass is 9.96. The van der Waals surface area contributed by atoms with E-state index in [0.717, 1.165) is 45.3 Å². The topological polar surface area (TPSA) is 44.4 Å². The molecule has 1 aliphatic heterocycles. The van der Waals surface area contributed by atoms with E-state index >= 15 is 0 Å². The van der Waals surface area contributed by atoms with Crippen LogP contribution in [-0.2, 0) is 6.54 Å². The maximum absolute atomic E-state index is 12.3. The Morgan fingerprint density at radius 2 is 1.52 bits per heavy atom. The van der Waals surface area contributed by atoms with Crippen molar-refractivity contribution in [2.45, 2.75) is 63.6 Å². The Hall–Kier alpha value is -2.07. The minimum atomic E-state index is 0.0365. The fourth-order valence-electron chi connectivity index (χ4n) is 4.57. The molecule has 2 aliphatic rings. The van der Waals surface area contributed by atoms with Crippen molar-refractivity contribution in [3.8, 4) is 0 Å². The van der Waals surface area contributed by atoms with E-state index in [1.54, 1.807) is 0 Å². The van der Waals surface area contributed by atoms with Crippen LogP contribution in [0.4, 0.5) is 4.79 Å². The zero-order chi connectivity index (χ0) is 18.5. The Balaban J connectivity index is 1.25. The van der Waals surface area contributed by atoms with Gasteiger partial charge >= 0.3 is 6.03 Å². The van der Waals surface area contributed by atoms with Crippen LogP contribution in [-0.4, -0.2) is 36.1 Å². The van der Waals surface area contributed by atoms with E-state index in [9.17, 15) is 4.79 Å². The van der Waals surface area contributed by atoms with E-state index in [-0.39, 0.29) is 6.03 Å². The third kappa shape index (κ3) is 4.81. The molecule has 0 spiro atoms. The van der Waals surface area contributed by atoms with Crippen LogP contribution in [0.5, 0.6) is 0 Å². The molecule has 0 aromatic heterocycles. The highest BCUT2D eigenvalue weighted by Gasteiger charge is 2.22. The number of fused-ring (bicyclic) bond motifs is 1. The van der Waals surface area contributed by atoms with Crippen LogP contribution in [0.25, 0.3) is 10.8 Å². The Bertz CT molecular complexity index is 756. The summed E-state index contributed by atoms with van der Waals surface area (Å²) in [5.41, 5.74) is 1.40. The number of amides is 2. The van der Waals surface area contributed by atoms with Crippen LogP contribution < -0.4 is 10.6 Å². The molecule has 4 heteroatoms. The third-order valence-electron chi connectivity index (χ3n) is 6.14. The average molecular weight is 366 g/mol. The molecule has 0 unspecified atom stereocenters. The van der Waals surface area contributed by atoms with Gasteiger partial charge in [0.1, 0.15) is 0 Å². The van der Waals surface area contributed by atoms with Gasteiger partial charge in [0, 0.05) is 31.7 Å². The van der Waals surface area contributed by atoms with Gasteiger partial charge in [-0.1, -0.05) is 61.7 Å². The predicted octanol–water partition coefficient (Wildman–Crippen LogP) is 4.44. The number of nitrogens with zero attached hydrogens (tertiary/aromatic N) is 1. The molecule has 1 aliphatic carbocycles. The van der Waals surface area contributed by atoms with Crippen LogP contribution in [0.3, 0.4) is 0 Å². The molecule has 0 radical (unpaired) electrons. The van der Waals surface area contributed by atoms with Crippen LogP contribution in [0, 0.1) is 0 Å². The summed E-state index contributed by atoms with van der Waals surface area (Å²) in [5, 5.41) is 9.04. The lowest BCUT2D eigenvalue weighted by Crippen LogP contribution is -2.50. The van der Waals surface area contributed by atoms with Gasteiger partial charge < -0.3 is 10.6 Å². The molecule has 144 valence electrons. The molecule has 2 fully saturated rings. The summed E-state index contributed by atoms with van der Waals surface area (Å²) in [4.78, 5) is 14.8. The quantitative estimate of drug-likeness (QED) is 0.841. The van der Waals surface area contributed by atoms with Crippen molar-refractivity contribution >= 4 is 16.8 Å². The zero-order valence-electron chi connectivity index (χ0n) is 16.1. The highest BCUT2D eigenvalue weighted by molar-refractivity contribution is 5.85. The number of carbonyl (C=O) groups excluding carboxylic acids is 1. The molecular weight excluding hydrogens is 334 g/mol.